The molecule has 2 saturated heterocycles. The van der Waals surface area contributed by atoms with Crippen molar-refractivity contribution in [3.8, 4) is 0 Å². The number of hydrogen-bond donors (Lipinski definition) is 1. The van der Waals surface area contributed by atoms with Crippen molar-refractivity contribution >= 4 is 21.6 Å². The zero-order valence-corrected chi connectivity index (χ0v) is 13.6. The van der Waals surface area contributed by atoms with Gasteiger partial charge < -0.3 is 10.2 Å². The summed E-state index contributed by atoms with van der Waals surface area (Å²) in [6.45, 7) is 8.46. The summed E-state index contributed by atoms with van der Waals surface area (Å²) in [7, 11) is 0. The Morgan fingerprint density at radius 3 is 2.30 bits per heavy atom. The standard InChI is InChI=1S/C16H24BrN3/c17-15-1-3-16(4-2-15)20-11-9-19(10-12-20)13-14-5-7-18-8-6-14/h1-4,14,18H,5-13H2. The van der Waals surface area contributed by atoms with Gasteiger partial charge in [-0.05, 0) is 56.1 Å². The van der Waals surface area contributed by atoms with E-state index in [1.54, 1.807) is 0 Å². The minimum Gasteiger partial charge on any atom is -0.369 e. The molecular weight excluding hydrogens is 314 g/mol. The number of nitrogens with one attached hydrogen (secondary N) is 1. The predicted molar refractivity (Wildman–Crippen MR) is 88.4 cm³/mol. The first kappa shape index (κ1) is 14.4. The molecule has 2 fully saturated rings. The second kappa shape index (κ2) is 6.92. The fourth-order valence-corrected chi connectivity index (χ4v) is 3.53. The van der Waals surface area contributed by atoms with Gasteiger partial charge in [-0.15, -0.1) is 0 Å². The van der Waals surface area contributed by atoms with Crippen LogP contribution in [0.1, 0.15) is 12.8 Å². The quantitative estimate of drug-likeness (QED) is 0.914. The van der Waals surface area contributed by atoms with Crippen molar-refractivity contribution in [3.63, 3.8) is 0 Å². The van der Waals surface area contributed by atoms with Gasteiger partial charge in [-0.1, -0.05) is 15.9 Å². The van der Waals surface area contributed by atoms with Crippen LogP contribution in [-0.4, -0.2) is 50.7 Å². The van der Waals surface area contributed by atoms with E-state index in [-0.39, 0.29) is 0 Å². The fraction of sp³-hybridized carbons (Fsp3) is 0.625. The van der Waals surface area contributed by atoms with E-state index in [0.29, 0.717) is 0 Å². The van der Waals surface area contributed by atoms with Crippen LogP contribution < -0.4 is 10.2 Å². The highest BCUT2D eigenvalue weighted by atomic mass is 79.9. The lowest BCUT2D eigenvalue weighted by Crippen LogP contribution is -2.48. The molecule has 0 amide bonds. The molecule has 4 heteroatoms. The molecule has 1 aromatic rings. The molecule has 0 spiro atoms. The molecule has 0 aliphatic carbocycles. The molecule has 3 nitrogen and oxygen atoms in total. The lowest BCUT2D eigenvalue weighted by Gasteiger charge is -2.38. The summed E-state index contributed by atoms with van der Waals surface area (Å²) in [6.07, 6.45) is 2.71. The molecule has 20 heavy (non-hydrogen) atoms. The molecule has 0 saturated carbocycles. The van der Waals surface area contributed by atoms with Crippen molar-refractivity contribution in [2.75, 3.05) is 50.7 Å². The number of piperidine rings is 1. The van der Waals surface area contributed by atoms with Gasteiger partial charge in [0.1, 0.15) is 0 Å². The minimum atomic E-state index is 0.912. The first-order valence-electron chi connectivity index (χ1n) is 7.75. The average Bonchev–Trinajstić information content (AvgIpc) is 2.50. The highest BCUT2D eigenvalue weighted by molar-refractivity contribution is 9.10. The van der Waals surface area contributed by atoms with Crippen molar-refractivity contribution in [2.45, 2.75) is 12.8 Å². The van der Waals surface area contributed by atoms with Crippen LogP contribution in [0, 0.1) is 5.92 Å². The van der Waals surface area contributed by atoms with Gasteiger partial charge in [0.05, 0.1) is 0 Å². The van der Waals surface area contributed by atoms with E-state index >= 15 is 0 Å². The summed E-state index contributed by atoms with van der Waals surface area (Å²) >= 11 is 3.50. The SMILES string of the molecule is Brc1ccc(N2CCN(CC3CCNCC3)CC2)cc1. The van der Waals surface area contributed by atoms with Crippen molar-refractivity contribution < 1.29 is 0 Å². The summed E-state index contributed by atoms with van der Waals surface area (Å²) in [5.41, 5.74) is 1.36. The number of anilines is 1. The van der Waals surface area contributed by atoms with E-state index in [1.165, 1.54) is 51.3 Å². The van der Waals surface area contributed by atoms with E-state index in [1.807, 2.05) is 0 Å². The Morgan fingerprint density at radius 2 is 1.65 bits per heavy atom. The maximum Gasteiger partial charge on any atom is 0.0367 e. The average molecular weight is 338 g/mol. The van der Waals surface area contributed by atoms with E-state index < -0.39 is 0 Å². The Morgan fingerprint density at radius 1 is 1.00 bits per heavy atom. The molecule has 110 valence electrons. The third-order valence-corrected chi connectivity index (χ3v) is 5.07. The van der Waals surface area contributed by atoms with Crippen LogP contribution in [0.25, 0.3) is 0 Å². The second-order valence-corrected chi connectivity index (χ2v) is 6.87. The van der Waals surface area contributed by atoms with Gasteiger partial charge in [-0.3, -0.25) is 4.90 Å². The highest BCUT2D eigenvalue weighted by Gasteiger charge is 2.21. The Bertz CT molecular complexity index is 406. The predicted octanol–water partition coefficient (Wildman–Crippen LogP) is 2.57. The number of piperazine rings is 1. The molecule has 0 aromatic heterocycles. The smallest absolute Gasteiger partial charge is 0.0367 e. The Hall–Kier alpha value is -0.580. The molecule has 2 aliphatic heterocycles. The van der Waals surface area contributed by atoms with E-state index in [0.717, 1.165) is 23.5 Å². The van der Waals surface area contributed by atoms with Crippen LogP contribution in [0.3, 0.4) is 0 Å². The molecule has 0 unspecified atom stereocenters. The van der Waals surface area contributed by atoms with E-state index in [4.69, 9.17) is 0 Å². The fourth-order valence-electron chi connectivity index (χ4n) is 3.27. The zero-order chi connectivity index (χ0) is 13.8. The van der Waals surface area contributed by atoms with Gasteiger partial charge in [0.15, 0.2) is 0 Å². The van der Waals surface area contributed by atoms with Crippen molar-refractivity contribution in [2.24, 2.45) is 5.92 Å². The van der Waals surface area contributed by atoms with E-state index in [2.05, 4.69) is 55.3 Å². The first-order chi connectivity index (χ1) is 9.81. The molecule has 0 atom stereocenters. The first-order valence-corrected chi connectivity index (χ1v) is 8.54. The normalized spacial score (nSPS) is 22.1. The van der Waals surface area contributed by atoms with Crippen molar-refractivity contribution in [1.29, 1.82) is 0 Å². The Balaban J connectivity index is 1.47. The Kier molecular flexibility index (Phi) is 4.97. The number of benzene rings is 1. The number of hydrogen-bond acceptors (Lipinski definition) is 3. The monoisotopic (exact) mass is 337 g/mol. The van der Waals surface area contributed by atoms with Gasteiger partial charge in [-0.25, -0.2) is 0 Å². The van der Waals surface area contributed by atoms with Crippen LogP contribution in [0.2, 0.25) is 0 Å². The maximum absolute atomic E-state index is 3.50. The van der Waals surface area contributed by atoms with Gasteiger partial charge in [0.2, 0.25) is 0 Å². The largest absolute Gasteiger partial charge is 0.369 e. The summed E-state index contributed by atoms with van der Waals surface area (Å²) in [4.78, 5) is 5.16. The summed E-state index contributed by atoms with van der Waals surface area (Å²) < 4.78 is 1.16. The zero-order valence-electron chi connectivity index (χ0n) is 12.0. The van der Waals surface area contributed by atoms with Crippen LogP contribution >= 0.6 is 15.9 Å². The molecule has 1 aromatic carbocycles. The molecule has 2 heterocycles. The summed E-state index contributed by atoms with van der Waals surface area (Å²) in [5.74, 6) is 0.912. The lowest BCUT2D eigenvalue weighted by atomic mass is 9.97. The third kappa shape index (κ3) is 3.74. The third-order valence-electron chi connectivity index (χ3n) is 4.54. The summed E-state index contributed by atoms with van der Waals surface area (Å²) in [5, 5.41) is 3.45. The topological polar surface area (TPSA) is 18.5 Å². The molecule has 0 radical (unpaired) electrons. The Labute approximate surface area is 130 Å². The van der Waals surface area contributed by atoms with Crippen LogP contribution in [-0.2, 0) is 0 Å². The van der Waals surface area contributed by atoms with Crippen molar-refractivity contribution in [3.05, 3.63) is 28.7 Å². The number of nitrogens with zero attached hydrogens (tertiary/aromatic N) is 2. The molecule has 3 rings (SSSR count). The molecule has 2 aliphatic rings. The maximum atomic E-state index is 3.50. The lowest BCUT2D eigenvalue weighted by molar-refractivity contribution is 0.196. The van der Waals surface area contributed by atoms with E-state index in [9.17, 15) is 0 Å². The second-order valence-electron chi connectivity index (χ2n) is 5.96. The molecular formula is C16H24BrN3. The van der Waals surface area contributed by atoms with Gasteiger partial charge >= 0.3 is 0 Å². The van der Waals surface area contributed by atoms with Crippen LogP contribution in [0.15, 0.2) is 28.7 Å². The van der Waals surface area contributed by atoms with Gasteiger partial charge in [0, 0.05) is 42.9 Å². The minimum absolute atomic E-state index is 0.912. The number of rotatable bonds is 3. The van der Waals surface area contributed by atoms with Crippen LogP contribution in [0.5, 0.6) is 0 Å². The highest BCUT2D eigenvalue weighted by Crippen LogP contribution is 2.21. The van der Waals surface area contributed by atoms with Crippen molar-refractivity contribution in [1.82, 2.24) is 10.2 Å². The van der Waals surface area contributed by atoms with Gasteiger partial charge in [-0.2, -0.15) is 0 Å². The number of halogens is 1. The van der Waals surface area contributed by atoms with Gasteiger partial charge in [0.25, 0.3) is 0 Å². The molecule has 1 N–H and O–H groups in total. The molecule has 0 bridgehead atoms. The van der Waals surface area contributed by atoms with Crippen LogP contribution in [0.4, 0.5) is 5.69 Å². The summed E-state index contributed by atoms with van der Waals surface area (Å²) in [6, 6.07) is 8.70.